The Labute approximate surface area is 130 Å². The van der Waals surface area contributed by atoms with Gasteiger partial charge in [0.25, 0.3) is 0 Å². The van der Waals surface area contributed by atoms with E-state index in [1.54, 1.807) is 24.3 Å². The second-order valence-corrected chi connectivity index (χ2v) is 5.02. The molecule has 2 N–H and O–H groups in total. The van der Waals surface area contributed by atoms with Gasteiger partial charge in [-0.3, -0.25) is 4.98 Å². The highest BCUT2D eigenvalue weighted by molar-refractivity contribution is 5.42. The Hall–Kier alpha value is -2.96. The Bertz CT molecular complexity index is 855. The van der Waals surface area contributed by atoms with Crippen LogP contribution in [0.25, 0.3) is 0 Å². The quantitative estimate of drug-likeness (QED) is 0.760. The lowest BCUT2D eigenvalue weighted by molar-refractivity contribution is 0.614. The van der Waals surface area contributed by atoms with Gasteiger partial charge in [0.2, 0.25) is 0 Å². The summed E-state index contributed by atoms with van der Waals surface area (Å²) >= 11 is 0. The van der Waals surface area contributed by atoms with E-state index in [0.717, 1.165) is 0 Å². The first-order valence-corrected chi connectivity index (χ1v) is 7.00. The smallest absolute Gasteiger partial charge is 0.343 e. The molecule has 0 aliphatic heterocycles. The van der Waals surface area contributed by atoms with E-state index in [9.17, 15) is 13.6 Å². The Balaban J connectivity index is 1.68. The maximum absolute atomic E-state index is 13.2. The van der Waals surface area contributed by atoms with Crippen molar-refractivity contribution in [2.24, 2.45) is 0 Å². The van der Waals surface area contributed by atoms with Gasteiger partial charge in [-0.1, -0.05) is 12.1 Å². The highest BCUT2D eigenvalue weighted by Gasteiger charge is 2.06. The molecule has 2 aromatic carbocycles. The van der Waals surface area contributed by atoms with Gasteiger partial charge in [-0.15, -0.1) is 0 Å². The van der Waals surface area contributed by atoms with Crippen LogP contribution in [0.3, 0.4) is 0 Å². The van der Waals surface area contributed by atoms with E-state index in [1.165, 1.54) is 28.9 Å². The van der Waals surface area contributed by atoms with Crippen molar-refractivity contribution in [3.05, 3.63) is 82.0 Å². The standard InChI is InChI=1S/C16H14F2N4O/c17-12-4-6-14(7-5-12)19-9-15-20-16(23)22(21-15)10-11-2-1-3-13(18)8-11/h1-8,19H,9-10H2,(H,20,21,23). The fourth-order valence-electron chi connectivity index (χ4n) is 2.15. The Morgan fingerprint density at radius 2 is 1.87 bits per heavy atom. The average molecular weight is 316 g/mol. The van der Waals surface area contributed by atoms with Gasteiger partial charge in [0.1, 0.15) is 17.5 Å². The Morgan fingerprint density at radius 1 is 1.09 bits per heavy atom. The molecule has 1 aromatic heterocycles. The SMILES string of the molecule is O=c1[nH]c(CNc2ccc(F)cc2)nn1Cc1cccc(F)c1. The van der Waals surface area contributed by atoms with Gasteiger partial charge in [0, 0.05) is 5.69 Å². The number of benzene rings is 2. The lowest BCUT2D eigenvalue weighted by Gasteiger charge is -2.03. The van der Waals surface area contributed by atoms with Crippen LogP contribution in [0.5, 0.6) is 0 Å². The molecule has 0 spiro atoms. The largest absolute Gasteiger partial charge is 0.378 e. The molecule has 0 aliphatic rings. The number of nitrogens with zero attached hydrogens (tertiary/aromatic N) is 2. The van der Waals surface area contributed by atoms with Crippen LogP contribution in [-0.4, -0.2) is 14.8 Å². The summed E-state index contributed by atoms with van der Waals surface area (Å²) in [6, 6.07) is 11.9. The van der Waals surface area contributed by atoms with Crippen molar-refractivity contribution in [2.45, 2.75) is 13.1 Å². The van der Waals surface area contributed by atoms with E-state index in [1.807, 2.05) is 0 Å². The summed E-state index contributed by atoms with van der Waals surface area (Å²) in [5, 5.41) is 7.19. The first-order valence-electron chi connectivity index (χ1n) is 7.00. The minimum atomic E-state index is -0.370. The first-order chi connectivity index (χ1) is 11.1. The zero-order valence-corrected chi connectivity index (χ0v) is 12.1. The second-order valence-electron chi connectivity index (χ2n) is 5.02. The molecular formula is C16H14F2N4O. The third-order valence-corrected chi connectivity index (χ3v) is 3.25. The third-order valence-electron chi connectivity index (χ3n) is 3.25. The number of nitrogens with one attached hydrogen (secondary N) is 2. The van der Waals surface area contributed by atoms with Crippen LogP contribution in [0.4, 0.5) is 14.5 Å². The number of hydrogen-bond acceptors (Lipinski definition) is 3. The summed E-state index contributed by atoms with van der Waals surface area (Å²) in [6.07, 6.45) is 0. The summed E-state index contributed by atoms with van der Waals surface area (Å²) in [5.41, 5.74) is 0.994. The van der Waals surface area contributed by atoms with Gasteiger partial charge in [0.05, 0.1) is 13.1 Å². The van der Waals surface area contributed by atoms with Gasteiger partial charge in [0.15, 0.2) is 0 Å². The molecule has 118 valence electrons. The van der Waals surface area contributed by atoms with Crippen LogP contribution in [0.2, 0.25) is 0 Å². The molecule has 0 fully saturated rings. The molecule has 5 nitrogen and oxygen atoms in total. The van der Waals surface area contributed by atoms with Crippen molar-refractivity contribution >= 4 is 5.69 Å². The van der Waals surface area contributed by atoms with Crippen molar-refractivity contribution < 1.29 is 8.78 Å². The van der Waals surface area contributed by atoms with Crippen LogP contribution in [-0.2, 0) is 13.1 Å². The maximum atomic E-state index is 13.2. The molecular weight excluding hydrogens is 302 g/mol. The van der Waals surface area contributed by atoms with E-state index >= 15 is 0 Å². The Kier molecular flexibility index (Phi) is 4.18. The van der Waals surface area contributed by atoms with Crippen molar-refractivity contribution in [1.82, 2.24) is 14.8 Å². The highest BCUT2D eigenvalue weighted by atomic mass is 19.1. The number of anilines is 1. The molecule has 23 heavy (non-hydrogen) atoms. The monoisotopic (exact) mass is 316 g/mol. The predicted octanol–water partition coefficient (Wildman–Crippen LogP) is 2.51. The van der Waals surface area contributed by atoms with Gasteiger partial charge < -0.3 is 5.32 Å². The van der Waals surface area contributed by atoms with Gasteiger partial charge in [-0.25, -0.2) is 18.3 Å². The minimum Gasteiger partial charge on any atom is -0.378 e. The minimum absolute atomic E-state index is 0.184. The number of halogens is 2. The van der Waals surface area contributed by atoms with Crippen LogP contribution in [0, 0.1) is 11.6 Å². The molecule has 0 amide bonds. The molecule has 0 radical (unpaired) electrons. The lowest BCUT2D eigenvalue weighted by Crippen LogP contribution is -2.18. The summed E-state index contributed by atoms with van der Waals surface area (Å²) in [6.45, 7) is 0.473. The molecule has 0 aliphatic carbocycles. The van der Waals surface area contributed by atoms with Gasteiger partial charge >= 0.3 is 5.69 Å². The fraction of sp³-hybridized carbons (Fsp3) is 0.125. The summed E-state index contributed by atoms with van der Waals surface area (Å²) in [7, 11) is 0. The van der Waals surface area contributed by atoms with Crippen LogP contribution in [0.15, 0.2) is 53.3 Å². The van der Waals surface area contributed by atoms with E-state index in [0.29, 0.717) is 17.1 Å². The Morgan fingerprint density at radius 3 is 2.61 bits per heavy atom. The normalized spacial score (nSPS) is 10.7. The number of rotatable bonds is 5. The summed E-state index contributed by atoms with van der Waals surface area (Å²) < 4.78 is 27.2. The van der Waals surface area contributed by atoms with E-state index in [2.05, 4.69) is 15.4 Å². The molecule has 7 heteroatoms. The summed E-state index contributed by atoms with van der Waals surface area (Å²) in [4.78, 5) is 14.5. The lowest BCUT2D eigenvalue weighted by atomic mass is 10.2. The molecule has 0 saturated carbocycles. The molecule has 3 rings (SSSR count). The van der Waals surface area contributed by atoms with Crippen molar-refractivity contribution in [2.75, 3.05) is 5.32 Å². The van der Waals surface area contributed by atoms with E-state index in [4.69, 9.17) is 0 Å². The van der Waals surface area contributed by atoms with Crippen LogP contribution >= 0.6 is 0 Å². The van der Waals surface area contributed by atoms with Crippen molar-refractivity contribution in [1.29, 1.82) is 0 Å². The van der Waals surface area contributed by atoms with Crippen molar-refractivity contribution in [3.8, 4) is 0 Å². The maximum Gasteiger partial charge on any atom is 0.343 e. The first kappa shape index (κ1) is 15.0. The van der Waals surface area contributed by atoms with Crippen LogP contribution < -0.4 is 11.0 Å². The molecule has 0 atom stereocenters. The predicted molar refractivity (Wildman–Crippen MR) is 82.1 cm³/mol. The molecule has 0 saturated heterocycles. The molecule has 3 aromatic rings. The number of aromatic nitrogens is 3. The van der Waals surface area contributed by atoms with Crippen LogP contribution in [0.1, 0.15) is 11.4 Å². The fourth-order valence-corrected chi connectivity index (χ4v) is 2.15. The number of hydrogen-bond donors (Lipinski definition) is 2. The second kappa shape index (κ2) is 6.43. The zero-order valence-electron chi connectivity index (χ0n) is 12.1. The number of aromatic amines is 1. The zero-order chi connectivity index (χ0) is 16.2. The molecule has 0 bridgehead atoms. The third kappa shape index (κ3) is 3.82. The van der Waals surface area contributed by atoms with E-state index in [-0.39, 0.29) is 30.4 Å². The average Bonchev–Trinajstić information content (AvgIpc) is 2.87. The van der Waals surface area contributed by atoms with E-state index < -0.39 is 0 Å². The van der Waals surface area contributed by atoms with Gasteiger partial charge in [-0.05, 0) is 42.0 Å². The highest BCUT2D eigenvalue weighted by Crippen LogP contribution is 2.09. The molecule has 1 heterocycles. The number of H-pyrrole nitrogens is 1. The topological polar surface area (TPSA) is 62.7 Å². The van der Waals surface area contributed by atoms with Crippen molar-refractivity contribution in [3.63, 3.8) is 0 Å². The van der Waals surface area contributed by atoms with Gasteiger partial charge in [-0.2, -0.15) is 5.10 Å². The molecule has 0 unspecified atom stereocenters. The summed E-state index contributed by atoms with van der Waals surface area (Å²) in [5.74, 6) is -0.233.